The summed E-state index contributed by atoms with van der Waals surface area (Å²) in [5.41, 5.74) is -0.103. The molecule has 2 N–H and O–H groups in total. The molecule has 3 aliphatic rings. The maximum atomic E-state index is 13.6. The van der Waals surface area contributed by atoms with Crippen molar-refractivity contribution in [3.8, 4) is 11.7 Å². The lowest BCUT2D eigenvalue weighted by Gasteiger charge is -2.38. The maximum absolute atomic E-state index is 13.6. The van der Waals surface area contributed by atoms with Gasteiger partial charge in [-0.2, -0.15) is 8.42 Å². The van der Waals surface area contributed by atoms with Crippen molar-refractivity contribution in [3.63, 3.8) is 0 Å². The van der Waals surface area contributed by atoms with Crippen LogP contribution in [0.5, 0.6) is 5.88 Å². The summed E-state index contributed by atoms with van der Waals surface area (Å²) in [5, 5.41) is 7.59. The summed E-state index contributed by atoms with van der Waals surface area (Å²) in [5.74, 6) is 1.77. The highest BCUT2D eigenvalue weighted by Gasteiger charge is 2.42. The van der Waals surface area contributed by atoms with E-state index in [1.807, 2.05) is 6.07 Å². The van der Waals surface area contributed by atoms with Gasteiger partial charge >= 0.3 is 0 Å². The molecule has 3 aromatic heterocycles. The highest BCUT2D eigenvalue weighted by molar-refractivity contribution is 7.90. The minimum Gasteiger partial charge on any atom is -0.476 e. The van der Waals surface area contributed by atoms with Crippen molar-refractivity contribution in [1.82, 2.24) is 24.5 Å². The number of nitrogens with one attached hydrogen (secondary N) is 2. The Kier molecular flexibility index (Phi) is 7.35. The van der Waals surface area contributed by atoms with Gasteiger partial charge in [-0.1, -0.05) is 18.9 Å². The number of ether oxygens (including phenoxy) is 1. The molecule has 41 heavy (non-hydrogen) atoms. The van der Waals surface area contributed by atoms with Crippen LogP contribution < -0.4 is 19.7 Å². The number of fused-ring (bicyclic) bond motifs is 5. The largest absolute Gasteiger partial charge is 0.476 e. The predicted octanol–water partition coefficient (Wildman–Crippen LogP) is 4.30. The van der Waals surface area contributed by atoms with Gasteiger partial charge in [0.25, 0.3) is 15.9 Å². The molecule has 1 atom stereocenters. The fourth-order valence-electron chi connectivity index (χ4n) is 6.26. The molecule has 5 heterocycles. The Balaban J connectivity index is 1.37. The molecule has 0 unspecified atom stereocenters. The van der Waals surface area contributed by atoms with Gasteiger partial charge in [0.15, 0.2) is 10.8 Å². The third-order valence-electron chi connectivity index (χ3n) is 8.43. The smallest absolute Gasteiger partial charge is 0.281 e. The van der Waals surface area contributed by atoms with E-state index in [0.717, 1.165) is 25.7 Å². The van der Waals surface area contributed by atoms with E-state index in [1.165, 1.54) is 31.7 Å². The molecule has 1 saturated carbocycles. The average Bonchev–Trinajstić information content (AvgIpc) is 3.70. The van der Waals surface area contributed by atoms with E-state index in [2.05, 4.69) is 38.9 Å². The lowest BCUT2D eigenvalue weighted by atomic mass is 10.0. The van der Waals surface area contributed by atoms with Crippen molar-refractivity contribution < 1.29 is 17.9 Å². The van der Waals surface area contributed by atoms with Crippen LogP contribution in [0.2, 0.25) is 0 Å². The van der Waals surface area contributed by atoms with Gasteiger partial charge in [-0.15, -0.1) is 5.10 Å². The third-order valence-corrected chi connectivity index (χ3v) is 9.66. The molecular formula is C29H37N7O4S. The van der Waals surface area contributed by atoms with Crippen LogP contribution in [-0.4, -0.2) is 58.8 Å². The third kappa shape index (κ3) is 5.74. The van der Waals surface area contributed by atoms with Crippen molar-refractivity contribution in [2.45, 2.75) is 81.8 Å². The minimum absolute atomic E-state index is 0.128. The molecular weight excluding hydrogens is 542 g/mol. The molecule has 11 nitrogen and oxygen atoms in total. The van der Waals surface area contributed by atoms with Gasteiger partial charge in [0.1, 0.15) is 11.6 Å². The van der Waals surface area contributed by atoms with E-state index >= 15 is 0 Å². The number of sulfonamides is 1. The minimum atomic E-state index is -4.22. The molecule has 1 amide bonds. The first-order valence-corrected chi connectivity index (χ1v) is 16.0. The quantitative estimate of drug-likeness (QED) is 0.464. The molecule has 0 aromatic carbocycles. The normalized spacial score (nSPS) is 22.2. The van der Waals surface area contributed by atoms with Crippen molar-refractivity contribution in [1.29, 1.82) is 0 Å². The molecule has 0 spiro atoms. The molecule has 0 radical (unpaired) electrons. The second-order valence-corrected chi connectivity index (χ2v) is 13.5. The van der Waals surface area contributed by atoms with Crippen molar-refractivity contribution >= 4 is 27.6 Å². The zero-order chi connectivity index (χ0) is 28.6. The zero-order valence-electron chi connectivity index (χ0n) is 23.5. The Morgan fingerprint density at radius 1 is 1.02 bits per heavy atom. The van der Waals surface area contributed by atoms with Crippen LogP contribution in [0.4, 0.5) is 11.6 Å². The summed E-state index contributed by atoms with van der Waals surface area (Å²) in [6.07, 6.45) is 10.3. The number of amides is 1. The molecule has 2 aliphatic heterocycles. The number of hydrogen-bond acceptors (Lipinski definition) is 9. The summed E-state index contributed by atoms with van der Waals surface area (Å²) < 4.78 is 36.2. The number of pyridine rings is 2. The Bertz CT molecular complexity index is 1530. The van der Waals surface area contributed by atoms with Crippen molar-refractivity contribution in [2.24, 2.45) is 5.92 Å². The average molecular weight is 580 g/mol. The summed E-state index contributed by atoms with van der Waals surface area (Å²) >= 11 is 0. The van der Waals surface area contributed by atoms with E-state index in [-0.39, 0.29) is 22.2 Å². The first-order valence-electron chi connectivity index (χ1n) is 14.5. The summed E-state index contributed by atoms with van der Waals surface area (Å²) in [7, 11) is -4.22. The Labute approximate surface area is 240 Å². The van der Waals surface area contributed by atoms with Gasteiger partial charge in [-0.25, -0.2) is 19.4 Å². The Hall–Kier alpha value is -3.67. The van der Waals surface area contributed by atoms with Gasteiger partial charge in [-0.05, 0) is 82.6 Å². The van der Waals surface area contributed by atoms with E-state index in [0.29, 0.717) is 42.4 Å². The summed E-state index contributed by atoms with van der Waals surface area (Å²) in [4.78, 5) is 25.0. The van der Waals surface area contributed by atoms with Crippen LogP contribution in [0.1, 0.15) is 75.6 Å². The predicted molar refractivity (Wildman–Crippen MR) is 155 cm³/mol. The fourth-order valence-corrected chi connectivity index (χ4v) is 7.20. The molecule has 1 aliphatic carbocycles. The van der Waals surface area contributed by atoms with Gasteiger partial charge in [0.05, 0.1) is 12.2 Å². The molecule has 1 saturated heterocycles. The van der Waals surface area contributed by atoms with Crippen LogP contribution in [0, 0.1) is 5.92 Å². The highest BCUT2D eigenvalue weighted by Crippen LogP contribution is 2.40. The maximum Gasteiger partial charge on any atom is 0.281 e. The van der Waals surface area contributed by atoms with Crippen LogP contribution in [0.25, 0.3) is 5.82 Å². The van der Waals surface area contributed by atoms with Gasteiger partial charge in [0.2, 0.25) is 5.88 Å². The Morgan fingerprint density at radius 2 is 1.85 bits per heavy atom. The molecule has 218 valence electrons. The van der Waals surface area contributed by atoms with Crippen LogP contribution in [0.15, 0.2) is 47.6 Å². The SMILES string of the molecule is CC1(C)CC[C@H]2CCCNc3cccc(n3)S(=O)(=O)NC(=O)c3ccc(-n4ccc(OCC5CCCC5)n4)nc3N21. The molecule has 6 rings (SSSR count). The molecule has 2 bridgehead atoms. The number of anilines is 2. The second kappa shape index (κ2) is 11.0. The van der Waals surface area contributed by atoms with Gasteiger partial charge < -0.3 is 15.0 Å². The van der Waals surface area contributed by atoms with E-state index in [4.69, 9.17) is 9.72 Å². The zero-order valence-corrected chi connectivity index (χ0v) is 24.4. The molecule has 2 fully saturated rings. The van der Waals surface area contributed by atoms with Crippen molar-refractivity contribution in [2.75, 3.05) is 23.4 Å². The number of rotatable bonds is 4. The van der Waals surface area contributed by atoms with Crippen LogP contribution in [0.3, 0.4) is 0 Å². The first kappa shape index (κ1) is 27.5. The number of aromatic nitrogens is 4. The monoisotopic (exact) mass is 579 g/mol. The number of carbonyl (C=O) groups excluding carboxylic acids is 1. The van der Waals surface area contributed by atoms with Crippen LogP contribution >= 0.6 is 0 Å². The lowest BCUT2D eigenvalue weighted by molar-refractivity contribution is 0.0981. The topological polar surface area (TPSA) is 131 Å². The first-order chi connectivity index (χ1) is 19.7. The summed E-state index contributed by atoms with van der Waals surface area (Å²) in [6.45, 7) is 5.57. The number of nitrogens with zero attached hydrogens (tertiary/aromatic N) is 5. The van der Waals surface area contributed by atoms with E-state index in [1.54, 1.807) is 35.1 Å². The highest BCUT2D eigenvalue weighted by atomic mass is 32.2. The van der Waals surface area contributed by atoms with Crippen LogP contribution in [-0.2, 0) is 10.0 Å². The lowest BCUT2D eigenvalue weighted by Crippen LogP contribution is -2.45. The number of carbonyl (C=O) groups is 1. The van der Waals surface area contributed by atoms with Gasteiger partial charge in [-0.3, -0.25) is 4.79 Å². The van der Waals surface area contributed by atoms with E-state index < -0.39 is 15.9 Å². The standard InChI is InChI=1S/C29H37N7O4S/c1-29(2)16-14-21-9-6-17-30-23-10-5-11-26(31-23)41(38,39)34-28(37)22-12-13-24(32-27(22)36(21)29)35-18-15-25(33-35)40-19-20-7-3-4-8-20/h5,10-13,15,18,20-21H,3-4,6-9,14,16-17,19H2,1-2H3,(H,30,31)(H,34,37)/t21-/m1/s1. The number of hydrogen-bond donors (Lipinski definition) is 2. The summed E-state index contributed by atoms with van der Waals surface area (Å²) in [6, 6.07) is 9.97. The molecule has 12 heteroatoms. The Morgan fingerprint density at radius 3 is 2.68 bits per heavy atom. The second-order valence-electron chi connectivity index (χ2n) is 11.8. The van der Waals surface area contributed by atoms with Crippen molar-refractivity contribution in [3.05, 3.63) is 48.2 Å². The fraction of sp³-hybridized carbons (Fsp3) is 0.517. The van der Waals surface area contributed by atoms with Gasteiger partial charge in [0, 0.05) is 30.4 Å². The van der Waals surface area contributed by atoms with E-state index in [9.17, 15) is 13.2 Å². The molecule has 3 aromatic rings.